The third kappa shape index (κ3) is 4.94. The number of amides is 1. The number of carbonyl (C=O) groups excluding carboxylic acids is 1. The summed E-state index contributed by atoms with van der Waals surface area (Å²) in [5, 5.41) is 12.2. The molecule has 1 aliphatic heterocycles. The number of benzene rings is 2. The van der Waals surface area contributed by atoms with Crippen LogP contribution in [0.15, 0.2) is 47.4 Å². The van der Waals surface area contributed by atoms with Crippen molar-refractivity contribution >= 4 is 44.8 Å². The Morgan fingerprint density at radius 1 is 1.20 bits per heavy atom. The summed E-state index contributed by atoms with van der Waals surface area (Å²) in [4.78, 5) is 13.6. The van der Waals surface area contributed by atoms with Crippen LogP contribution in [0.3, 0.4) is 0 Å². The first-order valence-electron chi connectivity index (χ1n) is 9.33. The zero-order chi connectivity index (χ0) is 21.9. The van der Waals surface area contributed by atoms with Crippen molar-refractivity contribution in [2.45, 2.75) is 17.9 Å². The van der Waals surface area contributed by atoms with Gasteiger partial charge in [-0.25, -0.2) is 8.42 Å². The van der Waals surface area contributed by atoms with E-state index in [4.69, 9.17) is 28.5 Å². The van der Waals surface area contributed by atoms with E-state index in [2.05, 4.69) is 5.32 Å². The Labute approximate surface area is 185 Å². The quantitative estimate of drug-likeness (QED) is 0.700. The van der Waals surface area contributed by atoms with Crippen molar-refractivity contribution in [3.63, 3.8) is 0 Å². The first-order valence-corrected chi connectivity index (χ1v) is 11.5. The Balaban J connectivity index is 1.63. The molecule has 7 nitrogen and oxygen atoms in total. The molecule has 0 radical (unpaired) electrons. The van der Waals surface area contributed by atoms with Crippen LogP contribution in [-0.4, -0.2) is 50.9 Å². The number of rotatable bonds is 5. The SMILES string of the molecule is C[C@@H](C(=O)Nc1cccc(C#N)c1)[NH+]1CCN(S(=O)(=O)c2cc(Cl)ccc2Cl)CC1. The number of nitrogens with zero attached hydrogens (tertiary/aromatic N) is 2. The molecule has 1 amide bonds. The molecule has 0 aliphatic carbocycles. The van der Waals surface area contributed by atoms with E-state index in [9.17, 15) is 13.2 Å². The number of halogens is 2. The van der Waals surface area contributed by atoms with Gasteiger partial charge in [0.2, 0.25) is 10.0 Å². The molecule has 2 aromatic rings. The number of carbonyl (C=O) groups is 1. The monoisotopic (exact) mass is 467 g/mol. The number of hydrogen-bond acceptors (Lipinski definition) is 4. The Morgan fingerprint density at radius 2 is 1.90 bits per heavy atom. The van der Waals surface area contributed by atoms with Gasteiger partial charge in [0, 0.05) is 10.7 Å². The maximum Gasteiger partial charge on any atom is 0.282 e. The molecule has 1 fully saturated rings. The van der Waals surface area contributed by atoms with E-state index in [1.54, 1.807) is 31.2 Å². The Morgan fingerprint density at radius 3 is 2.57 bits per heavy atom. The van der Waals surface area contributed by atoms with Crippen LogP contribution in [0.1, 0.15) is 12.5 Å². The first-order chi connectivity index (χ1) is 14.2. The fraction of sp³-hybridized carbons (Fsp3) is 0.300. The summed E-state index contributed by atoms with van der Waals surface area (Å²) in [7, 11) is -3.77. The predicted octanol–water partition coefficient (Wildman–Crippen LogP) is 1.78. The van der Waals surface area contributed by atoms with Gasteiger partial charge in [-0.3, -0.25) is 4.79 Å². The second kappa shape index (κ2) is 9.33. The number of piperazine rings is 1. The third-order valence-corrected chi connectivity index (χ3v) is 7.76. The van der Waals surface area contributed by atoms with Crippen molar-refractivity contribution in [2.24, 2.45) is 0 Å². The van der Waals surface area contributed by atoms with Gasteiger partial charge in [0.05, 0.1) is 42.8 Å². The molecule has 3 rings (SSSR count). The van der Waals surface area contributed by atoms with E-state index >= 15 is 0 Å². The van der Waals surface area contributed by atoms with E-state index in [0.717, 1.165) is 4.90 Å². The van der Waals surface area contributed by atoms with Gasteiger partial charge in [-0.15, -0.1) is 0 Å². The van der Waals surface area contributed by atoms with Crippen molar-refractivity contribution in [3.05, 3.63) is 58.1 Å². The van der Waals surface area contributed by atoms with Crippen LogP contribution in [0.5, 0.6) is 0 Å². The zero-order valence-corrected chi connectivity index (χ0v) is 18.6. The molecule has 0 saturated carbocycles. The lowest BCUT2D eigenvalue weighted by Gasteiger charge is -2.34. The molecule has 0 aromatic heterocycles. The number of nitrogens with one attached hydrogen (secondary N) is 2. The molecule has 2 aromatic carbocycles. The zero-order valence-electron chi connectivity index (χ0n) is 16.2. The molecule has 1 saturated heterocycles. The van der Waals surface area contributed by atoms with Gasteiger partial charge in [0.1, 0.15) is 4.90 Å². The number of sulfonamides is 1. The van der Waals surface area contributed by atoms with Crippen LogP contribution in [0.2, 0.25) is 10.0 Å². The topological polar surface area (TPSA) is 94.7 Å². The molecular weight excluding hydrogens is 447 g/mol. The van der Waals surface area contributed by atoms with Gasteiger partial charge in [0.25, 0.3) is 5.91 Å². The van der Waals surface area contributed by atoms with Crippen LogP contribution in [-0.2, 0) is 14.8 Å². The molecule has 158 valence electrons. The summed E-state index contributed by atoms with van der Waals surface area (Å²) in [6, 6.07) is 12.7. The lowest BCUT2D eigenvalue weighted by molar-refractivity contribution is -0.917. The van der Waals surface area contributed by atoms with Crippen LogP contribution in [0.4, 0.5) is 5.69 Å². The maximum absolute atomic E-state index is 12.9. The molecular formula is C20H21Cl2N4O3S+. The van der Waals surface area contributed by atoms with Crippen molar-refractivity contribution in [3.8, 4) is 6.07 Å². The Bertz CT molecular complexity index is 1090. The minimum absolute atomic E-state index is 0.0108. The molecule has 0 unspecified atom stereocenters. The Kier molecular flexibility index (Phi) is 7.01. The average molecular weight is 468 g/mol. The molecule has 1 heterocycles. The van der Waals surface area contributed by atoms with Crippen molar-refractivity contribution in [1.82, 2.24) is 4.31 Å². The number of hydrogen-bond donors (Lipinski definition) is 2. The lowest BCUT2D eigenvalue weighted by atomic mass is 10.2. The van der Waals surface area contributed by atoms with Crippen LogP contribution in [0.25, 0.3) is 0 Å². The summed E-state index contributed by atoms with van der Waals surface area (Å²) in [5.41, 5.74) is 1.02. The molecule has 1 aliphatic rings. The smallest absolute Gasteiger partial charge is 0.282 e. The summed E-state index contributed by atoms with van der Waals surface area (Å²) >= 11 is 12.0. The summed E-state index contributed by atoms with van der Waals surface area (Å²) in [6.45, 7) is 3.29. The molecule has 0 bridgehead atoms. The van der Waals surface area contributed by atoms with Crippen molar-refractivity contribution in [1.29, 1.82) is 5.26 Å². The van der Waals surface area contributed by atoms with E-state index in [0.29, 0.717) is 29.4 Å². The van der Waals surface area contributed by atoms with Crippen molar-refractivity contribution in [2.75, 3.05) is 31.5 Å². The third-order valence-electron chi connectivity index (χ3n) is 5.14. The van der Waals surface area contributed by atoms with Gasteiger partial charge >= 0.3 is 0 Å². The predicted molar refractivity (Wildman–Crippen MR) is 115 cm³/mol. The number of nitriles is 1. The van der Waals surface area contributed by atoms with E-state index < -0.39 is 10.0 Å². The fourth-order valence-electron chi connectivity index (χ4n) is 3.36. The lowest BCUT2D eigenvalue weighted by Crippen LogP contribution is -3.19. The standard InChI is InChI=1S/C20H20Cl2N4O3S/c1-14(20(27)24-17-4-2-3-15(11-17)13-23)25-7-9-26(10-8-25)30(28,29)19-12-16(21)5-6-18(19)22/h2-6,11-12,14H,7-10H2,1H3,(H,24,27)/p+1/t14-/m0/s1. The second-order valence-electron chi connectivity index (χ2n) is 7.04. The number of quaternary nitrogens is 1. The largest absolute Gasteiger partial charge is 0.323 e. The van der Waals surface area contributed by atoms with Gasteiger partial charge in [-0.2, -0.15) is 9.57 Å². The van der Waals surface area contributed by atoms with Gasteiger partial charge in [-0.1, -0.05) is 29.3 Å². The number of anilines is 1. The van der Waals surface area contributed by atoms with Crippen LogP contribution >= 0.6 is 23.2 Å². The van der Waals surface area contributed by atoms with Gasteiger partial charge in [0.15, 0.2) is 6.04 Å². The molecule has 0 spiro atoms. The molecule has 30 heavy (non-hydrogen) atoms. The van der Waals surface area contributed by atoms with E-state index in [1.807, 2.05) is 6.07 Å². The summed E-state index contributed by atoms with van der Waals surface area (Å²) in [6.07, 6.45) is 0. The minimum atomic E-state index is -3.77. The first kappa shape index (κ1) is 22.5. The Hall–Kier alpha value is -2.15. The van der Waals surface area contributed by atoms with E-state index in [-0.39, 0.29) is 35.0 Å². The second-order valence-corrected chi connectivity index (χ2v) is 9.79. The summed E-state index contributed by atoms with van der Waals surface area (Å²) in [5.74, 6) is -0.186. The summed E-state index contributed by atoms with van der Waals surface area (Å²) < 4.78 is 27.3. The normalized spacial score (nSPS) is 16.6. The van der Waals surface area contributed by atoms with Crippen LogP contribution in [0, 0.1) is 11.3 Å². The average Bonchev–Trinajstić information content (AvgIpc) is 2.75. The highest BCUT2D eigenvalue weighted by Crippen LogP contribution is 2.27. The molecule has 10 heteroatoms. The highest BCUT2D eigenvalue weighted by molar-refractivity contribution is 7.89. The van der Waals surface area contributed by atoms with Gasteiger partial charge in [-0.05, 0) is 43.3 Å². The van der Waals surface area contributed by atoms with E-state index in [1.165, 1.54) is 22.5 Å². The fourth-order valence-corrected chi connectivity index (χ4v) is 5.54. The molecule has 1 atom stereocenters. The highest BCUT2D eigenvalue weighted by Gasteiger charge is 2.35. The maximum atomic E-state index is 12.9. The van der Waals surface area contributed by atoms with Gasteiger partial charge < -0.3 is 10.2 Å². The minimum Gasteiger partial charge on any atom is -0.323 e. The molecule has 2 N–H and O–H groups in total. The highest BCUT2D eigenvalue weighted by atomic mass is 35.5. The van der Waals surface area contributed by atoms with Crippen LogP contribution < -0.4 is 10.2 Å². The van der Waals surface area contributed by atoms with Crippen molar-refractivity contribution < 1.29 is 18.1 Å².